The van der Waals surface area contributed by atoms with Crippen LogP contribution < -0.4 is 5.73 Å². The molecule has 118 heavy (non-hydrogen) atoms. The molecule has 12 aromatic rings. The SMILES string of the molecule is COC(=O)[C@@H](OC(C)(C)C)c1c(C)nc2sc(C)cc2c1-c1ccc(Cl)c(F)c1Cl.COC(=O)[C@@H](OC(C)(C)C)c1c(C)nc2sc(C)cc2c1-c1ccc(N)c(F)c1Cl.Cc1cc2c(-c3ccc(Cl)c(F)c3Cl)c([C@H](OC(C)(C)C)C(=O)O)c(C)nc2s1.Cc1cc2c(-c3ccc(Cl)c(F)c3Cl)c([C@H](OC(C)(C)C)C(=O)O)c(C)nc2s1. The molecule has 0 radical (unpaired) electrons. The maximum Gasteiger partial charge on any atom is 0.339 e. The number of thiophene rings is 4. The van der Waals surface area contributed by atoms with Gasteiger partial charge in [-0.1, -0.05) is 105 Å². The van der Waals surface area contributed by atoms with Crippen LogP contribution in [0, 0.1) is 78.7 Å². The van der Waals surface area contributed by atoms with Crippen molar-refractivity contribution >= 4 is 197 Å². The molecule has 32 heteroatoms. The summed E-state index contributed by atoms with van der Waals surface area (Å²) in [6, 6.07) is 19.9. The molecule has 4 aromatic carbocycles. The van der Waals surface area contributed by atoms with Crippen molar-refractivity contribution in [3.05, 3.63) is 196 Å². The summed E-state index contributed by atoms with van der Waals surface area (Å²) in [5.74, 6) is -6.41. The first-order valence-electron chi connectivity index (χ1n) is 36.3. The number of carboxylic acid groups (broad SMARTS) is 2. The zero-order valence-electron chi connectivity index (χ0n) is 68.4. The number of nitrogens with zero attached hydrogens (tertiary/aromatic N) is 4. The van der Waals surface area contributed by atoms with Crippen LogP contribution in [0.15, 0.2) is 72.8 Å². The van der Waals surface area contributed by atoms with Crippen molar-refractivity contribution in [3.8, 4) is 44.5 Å². The molecule has 0 saturated heterocycles. The minimum Gasteiger partial charge on any atom is -0.479 e. The number of anilines is 1. The monoisotopic (exact) mass is 1830 g/mol. The third-order valence-electron chi connectivity index (χ3n) is 17.6. The van der Waals surface area contributed by atoms with Gasteiger partial charge < -0.3 is 44.4 Å². The number of carboxylic acids is 2. The first-order chi connectivity index (χ1) is 54.7. The normalized spacial score (nSPS) is 13.0. The molecule has 0 fully saturated rings. The predicted molar refractivity (Wildman–Crippen MR) is 471 cm³/mol. The third kappa shape index (κ3) is 21.0. The van der Waals surface area contributed by atoms with E-state index in [-0.39, 0.29) is 40.8 Å². The van der Waals surface area contributed by atoms with E-state index < -0.39 is 94.0 Å². The average molecular weight is 1830 g/mol. The fourth-order valence-corrected chi connectivity index (χ4v) is 18.5. The molecule has 0 aliphatic heterocycles. The third-order valence-corrected chi connectivity index (χ3v) is 23.8. The Morgan fingerprint density at radius 2 is 0.576 bits per heavy atom. The van der Waals surface area contributed by atoms with Gasteiger partial charge in [0.05, 0.1) is 77.5 Å². The van der Waals surface area contributed by atoms with E-state index in [1.165, 1.54) is 83.8 Å². The van der Waals surface area contributed by atoms with E-state index in [0.29, 0.717) is 110 Å². The summed E-state index contributed by atoms with van der Waals surface area (Å²) in [5.41, 5.74) is 10.3. The fourth-order valence-electron chi connectivity index (χ4n) is 13.1. The minimum absolute atomic E-state index is 0.0516. The second-order valence-corrected chi connectivity index (χ2v) is 39.1. The van der Waals surface area contributed by atoms with Crippen molar-refractivity contribution < 1.29 is 75.4 Å². The van der Waals surface area contributed by atoms with Crippen molar-refractivity contribution in [3.63, 3.8) is 0 Å². The Morgan fingerprint density at radius 1 is 0.364 bits per heavy atom. The minimum atomic E-state index is -1.31. The number of pyridine rings is 4. The van der Waals surface area contributed by atoms with E-state index in [1.807, 2.05) is 93.5 Å². The molecule has 4 N–H and O–H groups in total. The number of methoxy groups -OCH3 is 2. The van der Waals surface area contributed by atoms with Gasteiger partial charge in [0.2, 0.25) is 0 Å². The quantitative estimate of drug-likeness (QED) is 0.0352. The highest BCUT2D eigenvalue weighted by molar-refractivity contribution is 7.19. The van der Waals surface area contributed by atoms with Gasteiger partial charge in [0.1, 0.15) is 19.3 Å². The van der Waals surface area contributed by atoms with E-state index in [9.17, 15) is 47.0 Å². The van der Waals surface area contributed by atoms with Gasteiger partial charge in [-0.2, -0.15) is 0 Å². The number of hydrogen-bond acceptors (Lipinski definition) is 19. The molecular formula is C86H86Cl7F4N5O12S4. The summed E-state index contributed by atoms with van der Waals surface area (Å²) in [6.07, 6.45) is -4.76. The predicted octanol–water partition coefficient (Wildman–Crippen LogP) is 27.0. The zero-order chi connectivity index (χ0) is 88.1. The van der Waals surface area contributed by atoms with Crippen LogP contribution in [0.1, 0.15) is 172 Å². The summed E-state index contributed by atoms with van der Waals surface area (Å²) in [5, 5.41) is 21.9. The van der Waals surface area contributed by atoms with E-state index in [2.05, 4.69) is 19.9 Å². The van der Waals surface area contributed by atoms with Gasteiger partial charge in [0, 0.05) is 131 Å². The lowest BCUT2D eigenvalue weighted by Crippen LogP contribution is -2.29. The van der Waals surface area contributed by atoms with Gasteiger partial charge >= 0.3 is 23.9 Å². The molecule has 8 heterocycles. The maximum atomic E-state index is 14.6. The second kappa shape index (κ2) is 37.1. The number of esters is 2. The van der Waals surface area contributed by atoms with Crippen molar-refractivity contribution in [2.75, 3.05) is 20.0 Å². The summed E-state index contributed by atoms with van der Waals surface area (Å²) in [4.78, 5) is 75.4. The molecule has 0 bridgehead atoms. The number of ether oxygens (including phenoxy) is 6. The number of aryl methyl sites for hydroxylation is 8. The molecule has 0 aliphatic rings. The van der Waals surface area contributed by atoms with Crippen molar-refractivity contribution in [1.82, 2.24) is 19.9 Å². The highest BCUT2D eigenvalue weighted by Crippen LogP contribution is 2.51. The van der Waals surface area contributed by atoms with Crippen LogP contribution in [-0.4, -0.2) is 90.6 Å². The molecule has 0 unspecified atom stereocenters. The van der Waals surface area contributed by atoms with Crippen LogP contribution >= 0.6 is 127 Å². The van der Waals surface area contributed by atoms with Crippen LogP contribution in [0.4, 0.5) is 23.2 Å². The first kappa shape index (κ1) is 94.4. The van der Waals surface area contributed by atoms with Crippen LogP contribution in [0.25, 0.3) is 85.4 Å². The van der Waals surface area contributed by atoms with E-state index in [4.69, 9.17) is 115 Å². The molecule has 0 amide bonds. The molecule has 628 valence electrons. The number of nitrogen functional groups attached to an aromatic ring is 1. The Balaban J connectivity index is 0.000000179. The molecule has 12 rings (SSSR count). The van der Waals surface area contributed by atoms with Gasteiger partial charge in [-0.15, -0.1) is 45.3 Å². The smallest absolute Gasteiger partial charge is 0.339 e. The summed E-state index contributed by atoms with van der Waals surface area (Å²) >= 11 is 49.0. The number of carbonyl (C=O) groups is 4. The number of rotatable bonds is 16. The van der Waals surface area contributed by atoms with Crippen molar-refractivity contribution in [1.29, 1.82) is 0 Å². The van der Waals surface area contributed by atoms with Crippen molar-refractivity contribution in [2.45, 2.75) is 185 Å². The number of fused-ring (bicyclic) bond motifs is 4. The van der Waals surface area contributed by atoms with Crippen LogP contribution in [-0.2, 0) is 47.6 Å². The topological polar surface area (TPSA) is 242 Å². The highest BCUT2D eigenvalue weighted by Gasteiger charge is 2.40. The van der Waals surface area contributed by atoms with E-state index in [1.54, 1.807) is 93.5 Å². The lowest BCUT2D eigenvalue weighted by atomic mass is 9.92. The van der Waals surface area contributed by atoms with Gasteiger partial charge in [-0.3, -0.25) is 0 Å². The number of halogens is 11. The summed E-state index contributed by atoms with van der Waals surface area (Å²) in [6.45, 7) is 36.5. The largest absolute Gasteiger partial charge is 0.479 e. The zero-order valence-corrected chi connectivity index (χ0v) is 76.9. The fraction of sp³-hybridized carbons (Fsp3) is 0.349. The number of benzene rings is 4. The number of aliphatic carboxylic acids is 2. The number of aromatic nitrogens is 4. The van der Waals surface area contributed by atoms with Gasteiger partial charge in [0.15, 0.2) is 47.7 Å². The molecular weight excluding hydrogens is 1750 g/mol. The van der Waals surface area contributed by atoms with Gasteiger partial charge in [-0.25, -0.2) is 56.7 Å². The molecule has 0 aliphatic carbocycles. The van der Waals surface area contributed by atoms with Crippen LogP contribution in [0.2, 0.25) is 35.2 Å². The molecule has 4 atom stereocenters. The molecule has 8 aromatic heterocycles. The van der Waals surface area contributed by atoms with Gasteiger partial charge in [0.25, 0.3) is 0 Å². The van der Waals surface area contributed by atoms with Gasteiger partial charge in [-0.05, 0) is 187 Å². The van der Waals surface area contributed by atoms with Crippen LogP contribution in [0.5, 0.6) is 0 Å². The Kier molecular flexibility index (Phi) is 29.7. The Hall–Kier alpha value is -7.41. The lowest BCUT2D eigenvalue weighted by Gasteiger charge is -2.28. The first-order valence-corrected chi connectivity index (χ1v) is 42.2. The Bertz CT molecular complexity index is 5590. The van der Waals surface area contributed by atoms with E-state index >= 15 is 0 Å². The Labute approximate surface area is 731 Å². The average Bonchev–Trinajstić information content (AvgIpc) is 1.46. The summed E-state index contributed by atoms with van der Waals surface area (Å²) in [7, 11) is 2.60. The standard InChI is InChI=1S/C22H22Cl2FNO3S.C22H24ClFN2O3S.2C21H20Cl2FNO3S/c1-10-9-13-16(12-7-8-14(23)18(25)17(12)24)15(11(2)26-20(13)30-10)19(21(27)28-6)29-22(3,4)5;1-10-9-13-16(12-7-8-14(25)18(24)17(12)23)15(11(2)26-20(13)30-10)19(21(27)28-6)29-22(3,4)5;2*1-9-8-12-15(11-6-7-13(22)17(24)16(11)23)14(10(2)25-19(12)29-9)18(20(26)27)28-21(3,4)5/h7-9,19H,1-6H3;7-9,19H,25H2,1-6H3;2*6-8,18H,1-5H3,(H,26,27)/t2*19-;2*18-/m0000/s1. The van der Waals surface area contributed by atoms with Crippen molar-refractivity contribution in [2.24, 2.45) is 0 Å². The number of nitrogens with two attached hydrogens (primary N) is 1. The molecule has 17 nitrogen and oxygen atoms in total. The summed E-state index contributed by atoms with van der Waals surface area (Å²) < 4.78 is 92.3. The van der Waals surface area contributed by atoms with E-state index in [0.717, 1.165) is 39.9 Å². The van der Waals surface area contributed by atoms with Crippen LogP contribution in [0.3, 0.4) is 0 Å². The maximum absolute atomic E-state index is 14.6. The number of carbonyl (C=O) groups excluding carboxylic acids is 2. The Morgan fingerprint density at radius 3 is 0.797 bits per heavy atom. The highest BCUT2D eigenvalue weighted by atomic mass is 35.5. The number of hydrogen-bond donors (Lipinski definition) is 3. The molecule has 0 spiro atoms. The lowest BCUT2D eigenvalue weighted by molar-refractivity contribution is -0.164. The second-order valence-electron chi connectivity index (χ2n) is 31.4. The molecule has 0 saturated carbocycles.